The van der Waals surface area contributed by atoms with Crippen LogP contribution in [0.5, 0.6) is 5.75 Å². The van der Waals surface area contributed by atoms with Gasteiger partial charge < -0.3 is 15.6 Å². The largest absolute Gasteiger partial charge is 0.497 e. The molecule has 0 amide bonds. The van der Waals surface area contributed by atoms with E-state index in [-0.39, 0.29) is 12.0 Å². The van der Waals surface area contributed by atoms with E-state index in [4.69, 9.17) is 10.5 Å². The number of hydrogen-bond donors (Lipinski definition) is 2. The lowest BCUT2D eigenvalue weighted by Gasteiger charge is -2.30. The Morgan fingerprint density at radius 3 is 2.76 bits per heavy atom. The van der Waals surface area contributed by atoms with E-state index in [0.29, 0.717) is 12.5 Å². The molecule has 0 spiro atoms. The van der Waals surface area contributed by atoms with Gasteiger partial charge in [-0.05, 0) is 42.9 Å². The molecule has 1 saturated carbocycles. The summed E-state index contributed by atoms with van der Waals surface area (Å²) in [6, 6.07) is 8.02. The molecule has 1 fully saturated rings. The first-order chi connectivity index (χ1) is 8.24. The average Bonchev–Trinajstić information content (AvgIpc) is 3.21. The van der Waals surface area contributed by atoms with Gasteiger partial charge in [-0.15, -0.1) is 0 Å². The van der Waals surface area contributed by atoms with E-state index >= 15 is 0 Å². The van der Waals surface area contributed by atoms with Gasteiger partial charge in [0.1, 0.15) is 5.75 Å². The molecule has 0 radical (unpaired) electrons. The van der Waals surface area contributed by atoms with Crippen molar-refractivity contribution in [2.75, 3.05) is 20.3 Å². The van der Waals surface area contributed by atoms with E-state index in [9.17, 15) is 5.11 Å². The molecule has 3 N–H and O–H groups in total. The summed E-state index contributed by atoms with van der Waals surface area (Å²) >= 11 is 0. The minimum absolute atomic E-state index is 0.133. The van der Waals surface area contributed by atoms with Crippen LogP contribution in [0.1, 0.15) is 18.4 Å². The Morgan fingerprint density at radius 2 is 2.24 bits per heavy atom. The molecule has 0 aliphatic heterocycles. The van der Waals surface area contributed by atoms with Crippen LogP contribution in [0.4, 0.5) is 0 Å². The summed E-state index contributed by atoms with van der Waals surface area (Å²) in [5, 5.41) is 9.66. The topological polar surface area (TPSA) is 55.5 Å². The molecule has 1 aliphatic carbocycles. The third kappa shape index (κ3) is 2.61. The van der Waals surface area contributed by atoms with Gasteiger partial charge in [-0.3, -0.25) is 0 Å². The molecule has 3 heteroatoms. The zero-order chi connectivity index (χ0) is 12.3. The number of methoxy groups -OCH3 is 1. The van der Waals surface area contributed by atoms with Gasteiger partial charge in [0.2, 0.25) is 0 Å². The van der Waals surface area contributed by atoms with Crippen molar-refractivity contribution in [1.82, 2.24) is 0 Å². The van der Waals surface area contributed by atoms with Crippen molar-refractivity contribution in [3.63, 3.8) is 0 Å². The number of benzene rings is 1. The predicted octanol–water partition coefficient (Wildman–Crippen LogP) is 1.59. The molecule has 2 rings (SSSR count). The molecule has 17 heavy (non-hydrogen) atoms. The van der Waals surface area contributed by atoms with E-state index in [0.717, 1.165) is 12.2 Å². The Labute approximate surface area is 103 Å². The maximum Gasteiger partial charge on any atom is 0.119 e. The summed E-state index contributed by atoms with van der Waals surface area (Å²) in [6.07, 6.45) is 3.23. The van der Waals surface area contributed by atoms with Crippen molar-refractivity contribution in [2.45, 2.75) is 19.3 Å². The number of aliphatic hydroxyl groups is 1. The molecular weight excluding hydrogens is 214 g/mol. The zero-order valence-electron chi connectivity index (χ0n) is 10.4. The van der Waals surface area contributed by atoms with Crippen LogP contribution in [-0.4, -0.2) is 25.4 Å². The number of ether oxygens (including phenoxy) is 1. The van der Waals surface area contributed by atoms with Gasteiger partial charge in [-0.2, -0.15) is 0 Å². The van der Waals surface area contributed by atoms with Crippen LogP contribution >= 0.6 is 0 Å². The van der Waals surface area contributed by atoms with E-state index in [1.807, 2.05) is 18.2 Å². The van der Waals surface area contributed by atoms with Crippen LogP contribution in [-0.2, 0) is 6.42 Å². The number of rotatable bonds is 6. The first-order valence-corrected chi connectivity index (χ1v) is 6.18. The minimum Gasteiger partial charge on any atom is -0.497 e. The highest BCUT2D eigenvalue weighted by Gasteiger charge is 2.43. The predicted molar refractivity (Wildman–Crippen MR) is 68.0 cm³/mol. The van der Waals surface area contributed by atoms with Crippen LogP contribution < -0.4 is 10.5 Å². The lowest BCUT2D eigenvalue weighted by Crippen LogP contribution is -2.38. The molecule has 0 heterocycles. The first kappa shape index (κ1) is 12.4. The molecule has 0 saturated heterocycles. The van der Waals surface area contributed by atoms with Gasteiger partial charge >= 0.3 is 0 Å². The Hall–Kier alpha value is -1.06. The fourth-order valence-electron chi connectivity index (χ4n) is 2.52. The van der Waals surface area contributed by atoms with Crippen molar-refractivity contribution in [3.8, 4) is 5.75 Å². The monoisotopic (exact) mass is 235 g/mol. The Kier molecular flexibility index (Phi) is 3.69. The Bertz CT molecular complexity index is 370. The van der Waals surface area contributed by atoms with Gasteiger partial charge in [-0.25, -0.2) is 0 Å². The highest BCUT2D eigenvalue weighted by atomic mass is 16.5. The number of nitrogens with two attached hydrogens (primary N) is 1. The van der Waals surface area contributed by atoms with Crippen molar-refractivity contribution in [2.24, 2.45) is 17.1 Å². The maximum absolute atomic E-state index is 9.66. The van der Waals surface area contributed by atoms with Crippen molar-refractivity contribution in [1.29, 1.82) is 0 Å². The van der Waals surface area contributed by atoms with Crippen LogP contribution in [0.3, 0.4) is 0 Å². The Balaban J connectivity index is 2.16. The first-order valence-electron chi connectivity index (χ1n) is 6.18. The summed E-state index contributed by atoms with van der Waals surface area (Å²) in [5.74, 6) is 1.45. The molecule has 1 aromatic carbocycles. The van der Waals surface area contributed by atoms with Crippen LogP contribution in [0.25, 0.3) is 0 Å². The minimum atomic E-state index is -0.133. The van der Waals surface area contributed by atoms with Gasteiger partial charge in [0.15, 0.2) is 0 Å². The molecule has 94 valence electrons. The normalized spacial score (nSPS) is 18.8. The number of aliphatic hydroxyl groups excluding tert-OH is 1. The summed E-state index contributed by atoms with van der Waals surface area (Å²) in [4.78, 5) is 0. The van der Waals surface area contributed by atoms with Crippen LogP contribution in [0.15, 0.2) is 24.3 Å². The average molecular weight is 235 g/mol. The van der Waals surface area contributed by atoms with Crippen molar-refractivity contribution < 1.29 is 9.84 Å². The maximum atomic E-state index is 9.66. The third-order valence-corrected chi connectivity index (χ3v) is 3.86. The standard InChI is InChI=1S/C14H21NO2/c1-17-13-4-2-3-11(7-13)8-14(9-15,10-16)12-5-6-12/h2-4,7,12,16H,5-6,8-10,15H2,1H3. The second-order valence-corrected chi connectivity index (χ2v) is 5.03. The molecule has 0 bridgehead atoms. The van der Waals surface area contributed by atoms with E-state index in [1.54, 1.807) is 7.11 Å². The smallest absolute Gasteiger partial charge is 0.119 e. The van der Waals surface area contributed by atoms with Crippen LogP contribution in [0, 0.1) is 11.3 Å². The lowest BCUT2D eigenvalue weighted by molar-refractivity contribution is 0.109. The van der Waals surface area contributed by atoms with Gasteiger partial charge in [-0.1, -0.05) is 12.1 Å². The molecule has 1 atom stereocenters. The molecular formula is C14H21NO2. The van der Waals surface area contributed by atoms with Gasteiger partial charge in [0, 0.05) is 12.0 Å². The van der Waals surface area contributed by atoms with Crippen molar-refractivity contribution >= 4 is 0 Å². The highest BCUT2D eigenvalue weighted by Crippen LogP contribution is 2.46. The number of hydrogen-bond acceptors (Lipinski definition) is 3. The van der Waals surface area contributed by atoms with Crippen LogP contribution in [0.2, 0.25) is 0 Å². The highest BCUT2D eigenvalue weighted by molar-refractivity contribution is 5.29. The molecule has 3 nitrogen and oxygen atoms in total. The van der Waals surface area contributed by atoms with Gasteiger partial charge in [0.05, 0.1) is 13.7 Å². The van der Waals surface area contributed by atoms with E-state index in [1.165, 1.54) is 18.4 Å². The fraction of sp³-hybridized carbons (Fsp3) is 0.571. The molecule has 1 aliphatic rings. The summed E-state index contributed by atoms with van der Waals surface area (Å²) in [6.45, 7) is 0.719. The molecule has 1 aromatic rings. The third-order valence-electron chi connectivity index (χ3n) is 3.86. The summed E-state index contributed by atoms with van der Waals surface area (Å²) < 4.78 is 5.22. The SMILES string of the molecule is COc1cccc(CC(CN)(CO)C2CC2)c1. The quantitative estimate of drug-likeness (QED) is 0.787. The van der Waals surface area contributed by atoms with Crippen molar-refractivity contribution in [3.05, 3.63) is 29.8 Å². The lowest BCUT2D eigenvalue weighted by atomic mass is 9.78. The van der Waals surface area contributed by atoms with E-state index in [2.05, 4.69) is 6.07 Å². The molecule has 0 aromatic heterocycles. The van der Waals surface area contributed by atoms with Gasteiger partial charge in [0.25, 0.3) is 0 Å². The second kappa shape index (κ2) is 5.07. The van der Waals surface area contributed by atoms with E-state index < -0.39 is 0 Å². The summed E-state index contributed by atoms with van der Waals surface area (Å²) in [7, 11) is 1.67. The molecule has 1 unspecified atom stereocenters. The fourth-order valence-corrected chi connectivity index (χ4v) is 2.52. The second-order valence-electron chi connectivity index (χ2n) is 5.03. The Morgan fingerprint density at radius 1 is 1.47 bits per heavy atom. The zero-order valence-corrected chi connectivity index (χ0v) is 10.4. The summed E-state index contributed by atoms with van der Waals surface area (Å²) in [5.41, 5.74) is 6.94.